The fourth-order valence-corrected chi connectivity index (χ4v) is 2.41. The van der Waals surface area contributed by atoms with Crippen molar-refractivity contribution in [1.82, 2.24) is 4.90 Å². The van der Waals surface area contributed by atoms with Crippen molar-refractivity contribution in [2.75, 3.05) is 13.2 Å². The Morgan fingerprint density at radius 2 is 2.06 bits per heavy atom. The number of nitrogens with zero attached hydrogens (tertiary/aromatic N) is 1. The smallest absolute Gasteiger partial charge is 0.226 e. The SMILES string of the molecule is C[C@@H]1C(=O)N([C@H](C)c2ccccc2)C[C@@H]1CF. The molecule has 1 heterocycles. The second kappa shape index (κ2) is 4.86. The largest absolute Gasteiger partial charge is 0.335 e. The second-order valence-corrected chi connectivity index (χ2v) is 4.78. The first kappa shape index (κ1) is 12.1. The van der Waals surface area contributed by atoms with Crippen LogP contribution in [0.15, 0.2) is 30.3 Å². The summed E-state index contributed by atoms with van der Waals surface area (Å²) in [5, 5.41) is 0. The molecule has 0 radical (unpaired) electrons. The summed E-state index contributed by atoms with van der Waals surface area (Å²) in [7, 11) is 0. The van der Waals surface area contributed by atoms with Crippen LogP contribution in [0.4, 0.5) is 4.39 Å². The molecule has 1 amide bonds. The molecule has 1 aromatic carbocycles. The van der Waals surface area contributed by atoms with Crippen LogP contribution >= 0.6 is 0 Å². The minimum Gasteiger partial charge on any atom is -0.335 e. The van der Waals surface area contributed by atoms with E-state index in [1.807, 2.05) is 44.2 Å². The van der Waals surface area contributed by atoms with Crippen LogP contribution < -0.4 is 0 Å². The molecule has 0 aromatic heterocycles. The number of carbonyl (C=O) groups excluding carboxylic acids is 1. The summed E-state index contributed by atoms with van der Waals surface area (Å²) in [6.07, 6.45) is 0. The minimum absolute atomic E-state index is 0.0303. The van der Waals surface area contributed by atoms with Crippen molar-refractivity contribution < 1.29 is 9.18 Å². The molecule has 92 valence electrons. The van der Waals surface area contributed by atoms with Gasteiger partial charge in [0.05, 0.1) is 12.7 Å². The van der Waals surface area contributed by atoms with Gasteiger partial charge in [-0.05, 0) is 12.5 Å². The number of hydrogen-bond acceptors (Lipinski definition) is 1. The average molecular weight is 235 g/mol. The number of benzene rings is 1. The Labute approximate surface area is 101 Å². The first-order chi connectivity index (χ1) is 8.15. The molecule has 3 heteroatoms. The third-order valence-electron chi connectivity index (χ3n) is 3.76. The number of amides is 1. The average Bonchev–Trinajstić information content (AvgIpc) is 2.66. The second-order valence-electron chi connectivity index (χ2n) is 4.78. The molecule has 2 rings (SSSR count). The maximum absolute atomic E-state index is 12.8. The molecule has 1 aromatic rings. The van der Waals surface area contributed by atoms with E-state index in [-0.39, 0.29) is 23.8 Å². The monoisotopic (exact) mass is 235 g/mol. The zero-order valence-corrected chi connectivity index (χ0v) is 10.3. The summed E-state index contributed by atoms with van der Waals surface area (Å²) < 4.78 is 12.8. The van der Waals surface area contributed by atoms with Crippen LogP contribution in [0, 0.1) is 11.8 Å². The molecule has 1 saturated heterocycles. The standard InChI is InChI=1S/C14H18FNO/c1-10-13(8-15)9-16(14(10)17)11(2)12-6-4-3-5-7-12/h3-7,10-11,13H,8-9H2,1-2H3/t10-,11+,13-/m0/s1. The minimum atomic E-state index is -0.412. The van der Waals surface area contributed by atoms with Gasteiger partial charge in [-0.1, -0.05) is 37.3 Å². The predicted molar refractivity (Wildman–Crippen MR) is 65.2 cm³/mol. The summed E-state index contributed by atoms with van der Waals surface area (Å²) in [6.45, 7) is 3.95. The third kappa shape index (κ3) is 2.19. The summed E-state index contributed by atoms with van der Waals surface area (Å²) in [6, 6.07) is 9.92. The molecule has 0 bridgehead atoms. The van der Waals surface area contributed by atoms with Gasteiger partial charge in [0.25, 0.3) is 0 Å². The summed E-state index contributed by atoms with van der Waals surface area (Å²) in [5.74, 6) is -0.260. The molecule has 17 heavy (non-hydrogen) atoms. The highest BCUT2D eigenvalue weighted by Crippen LogP contribution is 2.32. The molecule has 0 spiro atoms. The Balaban J connectivity index is 2.16. The van der Waals surface area contributed by atoms with E-state index in [9.17, 15) is 9.18 Å². The van der Waals surface area contributed by atoms with Crippen molar-refractivity contribution in [3.05, 3.63) is 35.9 Å². The zero-order chi connectivity index (χ0) is 12.4. The van der Waals surface area contributed by atoms with Gasteiger partial charge in [0.15, 0.2) is 0 Å². The molecule has 1 aliphatic heterocycles. The zero-order valence-electron chi connectivity index (χ0n) is 10.3. The van der Waals surface area contributed by atoms with E-state index in [2.05, 4.69) is 0 Å². The van der Waals surface area contributed by atoms with Gasteiger partial charge >= 0.3 is 0 Å². The van der Waals surface area contributed by atoms with Crippen molar-refractivity contribution in [3.63, 3.8) is 0 Å². The lowest BCUT2D eigenvalue weighted by Crippen LogP contribution is -2.29. The molecule has 1 aliphatic rings. The number of rotatable bonds is 3. The number of hydrogen-bond donors (Lipinski definition) is 0. The van der Waals surface area contributed by atoms with Crippen LogP contribution in [0.25, 0.3) is 0 Å². The van der Waals surface area contributed by atoms with Crippen LogP contribution in [-0.4, -0.2) is 24.0 Å². The van der Waals surface area contributed by atoms with Crippen molar-refractivity contribution in [2.45, 2.75) is 19.9 Å². The molecule has 0 aliphatic carbocycles. The highest BCUT2D eigenvalue weighted by molar-refractivity contribution is 5.81. The first-order valence-corrected chi connectivity index (χ1v) is 6.06. The number of carbonyl (C=O) groups is 1. The maximum atomic E-state index is 12.8. The van der Waals surface area contributed by atoms with Crippen molar-refractivity contribution >= 4 is 5.91 Å². The van der Waals surface area contributed by atoms with Crippen LogP contribution in [0.2, 0.25) is 0 Å². The quantitative estimate of drug-likeness (QED) is 0.789. The molecule has 1 fully saturated rings. The summed E-state index contributed by atoms with van der Waals surface area (Å²) >= 11 is 0. The van der Waals surface area contributed by atoms with Gasteiger partial charge in [-0.2, -0.15) is 0 Å². The van der Waals surface area contributed by atoms with E-state index in [0.29, 0.717) is 6.54 Å². The normalized spacial score (nSPS) is 26.3. The van der Waals surface area contributed by atoms with Crippen molar-refractivity contribution in [3.8, 4) is 0 Å². The Kier molecular flexibility index (Phi) is 3.46. The maximum Gasteiger partial charge on any atom is 0.226 e. The molecule has 3 atom stereocenters. The molecule has 2 nitrogen and oxygen atoms in total. The molecule has 0 unspecified atom stereocenters. The van der Waals surface area contributed by atoms with Gasteiger partial charge in [0.1, 0.15) is 0 Å². The van der Waals surface area contributed by atoms with E-state index in [1.54, 1.807) is 4.90 Å². The summed E-state index contributed by atoms with van der Waals surface area (Å²) in [4.78, 5) is 13.8. The van der Waals surface area contributed by atoms with Gasteiger partial charge in [0.2, 0.25) is 5.91 Å². The lowest BCUT2D eigenvalue weighted by atomic mass is 10.00. The van der Waals surface area contributed by atoms with Crippen LogP contribution in [0.1, 0.15) is 25.5 Å². The molecular formula is C14H18FNO. The van der Waals surface area contributed by atoms with E-state index in [1.165, 1.54) is 0 Å². The highest BCUT2D eigenvalue weighted by atomic mass is 19.1. The first-order valence-electron chi connectivity index (χ1n) is 6.06. The van der Waals surface area contributed by atoms with Gasteiger partial charge in [-0.15, -0.1) is 0 Å². The fraction of sp³-hybridized carbons (Fsp3) is 0.500. The van der Waals surface area contributed by atoms with E-state index in [4.69, 9.17) is 0 Å². The Morgan fingerprint density at radius 3 is 2.59 bits per heavy atom. The lowest BCUT2D eigenvalue weighted by molar-refractivity contribution is -0.132. The van der Waals surface area contributed by atoms with Gasteiger partial charge in [-0.25, -0.2) is 0 Å². The number of alkyl halides is 1. The lowest BCUT2D eigenvalue weighted by Gasteiger charge is -2.25. The molecule has 0 N–H and O–H groups in total. The number of halogens is 1. The number of likely N-dealkylation sites (tertiary alicyclic amines) is 1. The van der Waals surface area contributed by atoms with E-state index in [0.717, 1.165) is 5.56 Å². The molecule has 0 saturated carbocycles. The predicted octanol–water partition coefficient (Wildman–Crippen LogP) is 2.81. The van der Waals surface area contributed by atoms with Crippen molar-refractivity contribution in [1.29, 1.82) is 0 Å². The fourth-order valence-electron chi connectivity index (χ4n) is 2.41. The van der Waals surface area contributed by atoms with Crippen molar-refractivity contribution in [2.24, 2.45) is 11.8 Å². The van der Waals surface area contributed by atoms with Gasteiger partial charge in [0, 0.05) is 18.4 Å². The topological polar surface area (TPSA) is 20.3 Å². The van der Waals surface area contributed by atoms with Crippen LogP contribution in [0.5, 0.6) is 0 Å². The van der Waals surface area contributed by atoms with Crippen LogP contribution in [0.3, 0.4) is 0 Å². The van der Waals surface area contributed by atoms with Gasteiger partial charge < -0.3 is 4.90 Å². The Morgan fingerprint density at radius 1 is 1.41 bits per heavy atom. The Hall–Kier alpha value is -1.38. The van der Waals surface area contributed by atoms with E-state index >= 15 is 0 Å². The highest BCUT2D eigenvalue weighted by Gasteiger charge is 2.39. The summed E-state index contributed by atoms with van der Waals surface area (Å²) in [5.41, 5.74) is 1.10. The Bertz CT molecular complexity index is 392. The van der Waals surface area contributed by atoms with Crippen LogP contribution in [-0.2, 0) is 4.79 Å². The van der Waals surface area contributed by atoms with E-state index < -0.39 is 6.67 Å². The molecular weight excluding hydrogens is 217 g/mol. The third-order valence-corrected chi connectivity index (χ3v) is 3.76. The van der Waals surface area contributed by atoms with Gasteiger partial charge in [-0.3, -0.25) is 9.18 Å².